The molecule has 2 amide bonds. The number of carbonyl (C=O) groups is 2. The van der Waals surface area contributed by atoms with Gasteiger partial charge in [0, 0.05) is 33.3 Å². The Labute approximate surface area is 153 Å². The Bertz CT molecular complexity index is 757. The second-order valence-electron chi connectivity index (χ2n) is 6.11. The van der Waals surface area contributed by atoms with E-state index in [0.717, 1.165) is 11.3 Å². The summed E-state index contributed by atoms with van der Waals surface area (Å²) in [6.45, 7) is 0.400. The molecule has 0 N–H and O–H groups in total. The molecule has 0 fully saturated rings. The number of ether oxygens (including phenoxy) is 2. The van der Waals surface area contributed by atoms with E-state index in [1.807, 2.05) is 24.3 Å². The summed E-state index contributed by atoms with van der Waals surface area (Å²) in [5.74, 6) is 1.09. The van der Waals surface area contributed by atoms with Gasteiger partial charge in [-0.1, -0.05) is 12.1 Å². The highest BCUT2D eigenvalue weighted by atomic mass is 16.5. The molecule has 0 heterocycles. The normalized spacial score (nSPS) is 10.2. The van der Waals surface area contributed by atoms with Gasteiger partial charge < -0.3 is 19.3 Å². The van der Waals surface area contributed by atoms with E-state index in [4.69, 9.17) is 9.47 Å². The first-order valence-electron chi connectivity index (χ1n) is 8.22. The Balaban J connectivity index is 1.88. The summed E-state index contributed by atoms with van der Waals surface area (Å²) in [6, 6.07) is 14.3. The third-order valence-corrected chi connectivity index (χ3v) is 3.85. The largest absolute Gasteiger partial charge is 0.497 e. The molecule has 0 atom stereocenters. The van der Waals surface area contributed by atoms with Crippen LogP contribution in [0.5, 0.6) is 11.5 Å². The molecule has 0 aliphatic heterocycles. The van der Waals surface area contributed by atoms with Crippen LogP contribution in [0.25, 0.3) is 0 Å². The molecule has 2 aromatic rings. The van der Waals surface area contributed by atoms with Gasteiger partial charge in [-0.05, 0) is 42.0 Å². The van der Waals surface area contributed by atoms with E-state index in [0.29, 0.717) is 17.9 Å². The Hall–Kier alpha value is -3.02. The number of nitrogens with zero attached hydrogens (tertiary/aromatic N) is 2. The zero-order valence-electron chi connectivity index (χ0n) is 15.6. The first kappa shape index (κ1) is 19.3. The van der Waals surface area contributed by atoms with E-state index in [1.54, 1.807) is 57.4 Å². The zero-order valence-corrected chi connectivity index (χ0v) is 15.6. The van der Waals surface area contributed by atoms with Gasteiger partial charge in [0.25, 0.3) is 11.8 Å². The number of hydrogen-bond acceptors (Lipinski definition) is 4. The van der Waals surface area contributed by atoms with Crippen molar-refractivity contribution in [3.63, 3.8) is 0 Å². The third kappa shape index (κ3) is 5.24. The van der Waals surface area contributed by atoms with Gasteiger partial charge >= 0.3 is 0 Å². The van der Waals surface area contributed by atoms with Crippen LogP contribution in [0.3, 0.4) is 0 Å². The fourth-order valence-electron chi connectivity index (χ4n) is 2.34. The second-order valence-corrected chi connectivity index (χ2v) is 6.11. The lowest BCUT2D eigenvalue weighted by atomic mass is 10.2. The molecule has 0 aliphatic carbocycles. The Kier molecular flexibility index (Phi) is 6.60. The fraction of sp³-hybridized carbons (Fsp3) is 0.300. The van der Waals surface area contributed by atoms with Crippen molar-refractivity contribution < 1.29 is 19.1 Å². The third-order valence-electron chi connectivity index (χ3n) is 3.85. The van der Waals surface area contributed by atoms with Gasteiger partial charge in [-0.3, -0.25) is 9.59 Å². The molecule has 6 heteroatoms. The van der Waals surface area contributed by atoms with Crippen LogP contribution in [-0.4, -0.2) is 56.5 Å². The van der Waals surface area contributed by atoms with Gasteiger partial charge in [-0.2, -0.15) is 0 Å². The van der Waals surface area contributed by atoms with Crippen molar-refractivity contribution in [3.8, 4) is 11.5 Å². The van der Waals surface area contributed by atoms with Crippen LogP contribution in [0.1, 0.15) is 15.9 Å². The summed E-state index contributed by atoms with van der Waals surface area (Å²) in [7, 11) is 6.73. The molecule has 2 aromatic carbocycles. The minimum atomic E-state index is -0.138. The number of carbonyl (C=O) groups excluding carboxylic acids is 2. The lowest BCUT2D eigenvalue weighted by molar-refractivity contribution is -0.132. The van der Waals surface area contributed by atoms with Gasteiger partial charge in [-0.25, -0.2) is 0 Å². The average Bonchev–Trinajstić information content (AvgIpc) is 2.65. The lowest BCUT2D eigenvalue weighted by Crippen LogP contribution is -2.31. The topological polar surface area (TPSA) is 59.1 Å². The van der Waals surface area contributed by atoms with E-state index in [-0.39, 0.29) is 18.4 Å². The fourth-order valence-corrected chi connectivity index (χ4v) is 2.34. The van der Waals surface area contributed by atoms with Gasteiger partial charge in [0.2, 0.25) is 0 Å². The van der Waals surface area contributed by atoms with Crippen molar-refractivity contribution in [2.24, 2.45) is 0 Å². The molecule has 6 nitrogen and oxygen atoms in total. The van der Waals surface area contributed by atoms with Crippen LogP contribution in [0.2, 0.25) is 0 Å². The first-order chi connectivity index (χ1) is 12.4. The summed E-state index contributed by atoms with van der Waals surface area (Å²) in [5.41, 5.74) is 1.55. The van der Waals surface area contributed by atoms with Crippen LogP contribution >= 0.6 is 0 Å². The molecule has 26 heavy (non-hydrogen) atoms. The summed E-state index contributed by atoms with van der Waals surface area (Å²) in [4.78, 5) is 27.2. The summed E-state index contributed by atoms with van der Waals surface area (Å²) >= 11 is 0. The molecule has 0 saturated carbocycles. The monoisotopic (exact) mass is 356 g/mol. The van der Waals surface area contributed by atoms with Gasteiger partial charge in [0.15, 0.2) is 6.61 Å². The molecular formula is C20H24N2O4. The van der Waals surface area contributed by atoms with Gasteiger partial charge in [0.05, 0.1) is 7.11 Å². The van der Waals surface area contributed by atoms with E-state index in [2.05, 4.69) is 0 Å². The van der Waals surface area contributed by atoms with E-state index >= 15 is 0 Å². The average molecular weight is 356 g/mol. The number of benzene rings is 2. The maximum Gasteiger partial charge on any atom is 0.260 e. The minimum absolute atomic E-state index is 0.0680. The van der Waals surface area contributed by atoms with Crippen molar-refractivity contribution >= 4 is 11.8 Å². The molecule has 0 unspecified atom stereocenters. The van der Waals surface area contributed by atoms with Crippen LogP contribution in [0, 0.1) is 0 Å². The number of methoxy groups -OCH3 is 1. The Morgan fingerprint density at radius 2 is 1.65 bits per heavy atom. The lowest BCUT2D eigenvalue weighted by Gasteiger charge is -2.18. The predicted octanol–water partition coefficient (Wildman–Crippen LogP) is 2.43. The van der Waals surface area contributed by atoms with Crippen LogP contribution in [0.4, 0.5) is 0 Å². The van der Waals surface area contributed by atoms with Crippen molar-refractivity contribution in [1.82, 2.24) is 9.80 Å². The Morgan fingerprint density at radius 1 is 0.962 bits per heavy atom. The summed E-state index contributed by atoms with van der Waals surface area (Å²) < 4.78 is 10.7. The maximum absolute atomic E-state index is 12.2. The molecule has 0 saturated heterocycles. The predicted molar refractivity (Wildman–Crippen MR) is 99.4 cm³/mol. The molecule has 0 bridgehead atoms. The van der Waals surface area contributed by atoms with Crippen molar-refractivity contribution in [2.45, 2.75) is 6.54 Å². The number of likely N-dealkylation sites (N-methyl/N-ethyl adjacent to an activating group) is 1. The number of rotatable bonds is 7. The number of amides is 2. The Morgan fingerprint density at radius 3 is 2.27 bits per heavy atom. The highest BCUT2D eigenvalue weighted by Gasteiger charge is 2.12. The second kappa shape index (κ2) is 8.89. The van der Waals surface area contributed by atoms with Crippen LogP contribution in [-0.2, 0) is 11.3 Å². The van der Waals surface area contributed by atoms with E-state index in [9.17, 15) is 9.59 Å². The summed E-state index contributed by atoms with van der Waals surface area (Å²) in [6.07, 6.45) is 0. The molecular weight excluding hydrogens is 332 g/mol. The van der Waals surface area contributed by atoms with E-state index in [1.165, 1.54) is 4.90 Å². The van der Waals surface area contributed by atoms with Gasteiger partial charge in [-0.15, -0.1) is 0 Å². The molecule has 0 radical (unpaired) electrons. The summed E-state index contributed by atoms with van der Waals surface area (Å²) in [5, 5.41) is 0. The SMILES string of the molecule is COc1cccc(CN(C)C(=O)COc2ccc(C(=O)N(C)C)cc2)c1. The maximum atomic E-state index is 12.2. The minimum Gasteiger partial charge on any atom is -0.497 e. The standard InChI is InChI=1S/C20H24N2O4/c1-21(2)20(24)16-8-10-17(11-9-16)26-14-19(23)22(3)13-15-6-5-7-18(12-15)25-4/h5-12H,13-14H2,1-4H3. The quantitative estimate of drug-likeness (QED) is 0.765. The van der Waals surface area contributed by atoms with Crippen LogP contribution in [0.15, 0.2) is 48.5 Å². The molecule has 2 rings (SSSR count). The first-order valence-corrected chi connectivity index (χ1v) is 8.22. The van der Waals surface area contributed by atoms with Crippen molar-refractivity contribution in [1.29, 1.82) is 0 Å². The van der Waals surface area contributed by atoms with Crippen molar-refractivity contribution in [2.75, 3.05) is 34.9 Å². The zero-order chi connectivity index (χ0) is 19.1. The van der Waals surface area contributed by atoms with Crippen LogP contribution < -0.4 is 9.47 Å². The van der Waals surface area contributed by atoms with E-state index < -0.39 is 0 Å². The molecule has 0 spiro atoms. The molecule has 0 aromatic heterocycles. The van der Waals surface area contributed by atoms with Crippen molar-refractivity contribution in [3.05, 3.63) is 59.7 Å². The molecule has 0 aliphatic rings. The van der Waals surface area contributed by atoms with Gasteiger partial charge in [0.1, 0.15) is 11.5 Å². The highest BCUT2D eigenvalue weighted by Crippen LogP contribution is 2.15. The molecule has 138 valence electrons. The number of hydrogen-bond donors (Lipinski definition) is 0. The smallest absolute Gasteiger partial charge is 0.260 e. The highest BCUT2D eigenvalue weighted by molar-refractivity contribution is 5.93.